The van der Waals surface area contributed by atoms with Gasteiger partial charge in [0, 0.05) is 38.2 Å². The lowest BCUT2D eigenvalue weighted by atomic mass is 9.96. The van der Waals surface area contributed by atoms with Crippen molar-refractivity contribution in [2.75, 3.05) is 45.1 Å². The molecular weight excluding hydrogens is 294 g/mol. The lowest BCUT2D eigenvalue weighted by Crippen LogP contribution is -2.34. The van der Waals surface area contributed by atoms with Crippen LogP contribution in [0.15, 0.2) is 6.07 Å². The summed E-state index contributed by atoms with van der Waals surface area (Å²) in [6, 6.07) is 1.77. The summed E-state index contributed by atoms with van der Waals surface area (Å²) in [6.45, 7) is 6.81. The Morgan fingerprint density at radius 2 is 2.04 bits per heavy atom. The molecule has 2 unspecified atom stereocenters. The van der Waals surface area contributed by atoms with Crippen molar-refractivity contribution in [3.8, 4) is 0 Å². The number of aliphatic hydroxyl groups excluding tert-OH is 1. The van der Waals surface area contributed by atoms with E-state index in [0.29, 0.717) is 18.3 Å². The normalized spacial score (nSPS) is 25.4. The zero-order chi connectivity index (χ0) is 16.4. The van der Waals surface area contributed by atoms with Crippen LogP contribution < -0.4 is 5.73 Å². The summed E-state index contributed by atoms with van der Waals surface area (Å²) < 4.78 is 1.55. The van der Waals surface area contributed by atoms with Crippen LogP contribution in [-0.4, -0.2) is 69.9 Å². The monoisotopic (exact) mass is 321 g/mol. The number of nitrogens with zero attached hydrogens (tertiary/aromatic N) is 4. The molecule has 2 saturated heterocycles. The standard InChI is InChI=1S/C16H27N5O2/c1-12-6-15(17)21(18-12)10-16(23)20-8-13(14(9-20)11-22)7-19-4-2-3-5-19/h6,13-14,22H,2-5,7-11,17H2,1H3. The molecule has 23 heavy (non-hydrogen) atoms. The number of hydrogen-bond donors (Lipinski definition) is 2. The number of anilines is 1. The maximum absolute atomic E-state index is 12.5. The summed E-state index contributed by atoms with van der Waals surface area (Å²) in [6.07, 6.45) is 2.52. The SMILES string of the molecule is Cc1cc(N)n(CC(=O)N2CC(CO)C(CN3CCCC3)C2)n1. The minimum atomic E-state index is 0.0298. The van der Waals surface area contributed by atoms with Crippen molar-refractivity contribution in [2.45, 2.75) is 26.3 Å². The average molecular weight is 321 g/mol. The molecule has 0 radical (unpaired) electrons. The van der Waals surface area contributed by atoms with Crippen LogP contribution >= 0.6 is 0 Å². The predicted octanol–water partition coefficient (Wildman–Crippen LogP) is -0.0636. The van der Waals surface area contributed by atoms with Gasteiger partial charge in [0.25, 0.3) is 0 Å². The molecule has 0 aromatic carbocycles. The Morgan fingerprint density at radius 1 is 1.35 bits per heavy atom. The van der Waals surface area contributed by atoms with Crippen molar-refractivity contribution < 1.29 is 9.90 Å². The molecule has 1 aromatic heterocycles. The second kappa shape index (κ2) is 6.88. The second-order valence-corrected chi connectivity index (χ2v) is 6.88. The van der Waals surface area contributed by atoms with Crippen LogP contribution in [0.1, 0.15) is 18.5 Å². The van der Waals surface area contributed by atoms with Gasteiger partial charge < -0.3 is 20.6 Å². The number of aromatic nitrogens is 2. The van der Waals surface area contributed by atoms with Crippen molar-refractivity contribution in [3.63, 3.8) is 0 Å². The zero-order valence-electron chi connectivity index (χ0n) is 13.8. The fraction of sp³-hybridized carbons (Fsp3) is 0.750. The fourth-order valence-corrected chi connectivity index (χ4v) is 3.77. The second-order valence-electron chi connectivity index (χ2n) is 6.88. The number of carbonyl (C=O) groups excluding carboxylic acids is 1. The third-order valence-electron chi connectivity index (χ3n) is 5.07. The number of nitrogens with two attached hydrogens (primary N) is 1. The molecule has 0 bridgehead atoms. The molecular formula is C16H27N5O2. The number of carbonyl (C=O) groups is 1. The number of rotatable bonds is 5. The quantitative estimate of drug-likeness (QED) is 0.793. The van der Waals surface area contributed by atoms with E-state index in [1.165, 1.54) is 12.8 Å². The number of nitrogen functional groups attached to an aromatic ring is 1. The molecule has 1 aromatic rings. The highest BCUT2D eigenvalue weighted by molar-refractivity contribution is 5.76. The highest BCUT2D eigenvalue weighted by atomic mass is 16.3. The van der Waals surface area contributed by atoms with Crippen LogP contribution in [0.4, 0.5) is 5.82 Å². The molecule has 2 atom stereocenters. The average Bonchev–Trinajstić information content (AvgIpc) is 3.21. The minimum absolute atomic E-state index is 0.0298. The van der Waals surface area contributed by atoms with Gasteiger partial charge in [-0.2, -0.15) is 5.10 Å². The van der Waals surface area contributed by atoms with Gasteiger partial charge >= 0.3 is 0 Å². The predicted molar refractivity (Wildman–Crippen MR) is 87.7 cm³/mol. The van der Waals surface area contributed by atoms with Gasteiger partial charge in [-0.25, -0.2) is 4.68 Å². The van der Waals surface area contributed by atoms with E-state index in [1.807, 2.05) is 11.8 Å². The molecule has 3 rings (SSSR count). The van der Waals surface area contributed by atoms with E-state index in [2.05, 4.69) is 10.00 Å². The summed E-state index contributed by atoms with van der Waals surface area (Å²) in [5, 5.41) is 13.9. The van der Waals surface area contributed by atoms with Crippen LogP contribution in [-0.2, 0) is 11.3 Å². The first kappa shape index (κ1) is 16.3. The van der Waals surface area contributed by atoms with E-state index >= 15 is 0 Å². The highest BCUT2D eigenvalue weighted by Crippen LogP contribution is 2.26. The summed E-state index contributed by atoms with van der Waals surface area (Å²) in [5.41, 5.74) is 6.68. The van der Waals surface area contributed by atoms with Gasteiger partial charge in [-0.3, -0.25) is 4.79 Å². The van der Waals surface area contributed by atoms with E-state index in [1.54, 1.807) is 10.7 Å². The molecule has 0 saturated carbocycles. The van der Waals surface area contributed by atoms with E-state index in [4.69, 9.17) is 5.73 Å². The third-order valence-corrected chi connectivity index (χ3v) is 5.07. The summed E-state index contributed by atoms with van der Waals surface area (Å²) in [7, 11) is 0. The third kappa shape index (κ3) is 3.67. The highest BCUT2D eigenvalue weighted by Gasteiger charge is 2.36. The largest absolute Gasteiger partial charge is 0.396 e. The zero-order valence-corrected chi connectivity index (χ0v) is 13.8. The number of amides is 1. The van der Waals surface area contributed by atoms with Crippen LogP contribution in [0.5, 0.6) is 0 Å². The minimum Gasteiger partial charge on any atom is -0.396 e. The van der Waals surface area contributed by atoms with E-state index < -0.39 is 0 Å². The molecule has 2 fully saturated rings. The molecule has 3 heterocycles. The number of aryl methyl sites for hydroxylation is 1. The molecule has 1 amide bonds. The first-order chi connectivity index (χ1) is 11.1. The molecule has 3 N–H and O–H groups in total. The molecule has 7 nitrogen and oxygen atoms in total. The fourth-order valence-electron chi connectivity index (χ4n) is 3.77. The van der Waals surface area contributed by atoms with Crippen molar-refractivity contribution >= 4 is 11.7 Å². The number of hydrogen-bond acceptors (Lipinski definition) is 5. The van der Waals surface area contributed by atoms with Crippen LogP contribution in [0, 0.1) is 18.8 Å². The van der Waals surface area contributed by atoms with Crippen molar-refractivity contribution in [3.05, 3.63) is 11.8 Å². The van der Waals surface area contributed by atoms with Gasteiger partial charge in [-0.15, -0.1) is 0 Å². The summed E-state index contributed by atoms with van der Waals surface area (Å²) in [5.74, 6) is 1.08. The topological polar surface area (TPSA) is 87.6 Å². The van der Waals surface area contributed by atoms with Gasteiger partial charge in [0.1, 0.15) is 12.4 Å². The van der Waals surface area contributed by atoms with E-state index in [0.717, 1.165) is 31.9 Å². The van der Waals surface area contributed by atoms with Gasteiger partial charge in [0.15, 0.2) is 0 Å². The molecule has 128 valence electrons. The van der Waals surface area contributed by atoms with Gasteiger partial charge in [-0.05, 0) is 38.8 Å². The van der Waals surface area contributed by atoms with E-state index in [-0.39, 0.29) is 25.0 Å². The molecule has 0 aliphatic carbocycles. The lowest BCUT2D eigenvalue weighted by molar-refractivity contribution is -0.131. The van der Waals surface area contributed by atoms with Crippen molar-refractivity contribution in [1.29, 1.82) is 0 Å². The maximum Gasteiger partial charge on any atom is 0.244 e. The molecule has 2 aliphatic heterocycles. The lowest BCUT2D eigenvalue weighted by Gasteiger charge is -2.22. The van der Waals surface area contributed by atoms with Crippen molar-refractivity contribution in [1.82, 2.24) is 19.6 Å². The van der Waals surface area contributed by atoms with Gasteiger partial charge in [0.2, 0.25) is 5.91 Å². The molecule has 0 spiro atoms. The van der Waals surface area contributed by atoms with Crippen LogP contribution in [0.3, 0.4) is 0 Å². The van der Waals surface area contributed by atoms with Crippen LogP contribution in [0.2, 0.25) is 0 Å². The molecule has 2 aliphatic rings. The van der Waals surface area contributed by atoms with Gasteiger partial charge in [-0.1, -0.05) is 0 Å². The smallest absolute Gasteiger partial charge is 0.244 e. The van der Waals surface area contributed by atoms with Crippen molar-refractivity contribution in [2.24, 2.45) is 11.8 Å². The first-order valence-electron chi connectivity index (χ1n) is 8.47. The Balaban J connectivity index is 1.59. The summed E-state index contributed by atoms with van der Waals surface area (Å²) in [4.78, 5) is 16.8. The van der Waals surface area contributed by atoms with Gasteiger partial charge in [0.05, 0.1) is 5.69 Å². The Hall–Kier alpha value is -1.60. The van der Waals surface area contributed by atoms with Crippen LogP contribution in [0.25, 0.3) is 0 Å². The molecule has 7 heteroatoms. The number of likely N-dealkylation sites (tertiary alicyclic amines) is 2. The number of aliphatic hydroxyl groups is 1. The van der Waals surface area contributed by atoms with E-state index in [9.17, 15) is 9.90 Å². The summed E-state index contributed by atoms with van der Waals surface area (Å²) >= 11 is 0. The Bertz CT molecular complexity index is 553. The Kier molecular flexibility index (Phi) is 4.87. The first-order valence-corrected chi connectivity index (χ1v) is 8.47. The Morgan fingerprint density at radius 3 is 2.65 bits per heavy atom. The maximum atomic E-state index is 12.5. The Labute approximate surface area is 137 Å².